The number of rotatable bonds is 10. The zero-order valence-corrected chi connectivity index (χ0v) is 13.5. The molecule has 0 radical (unpaired) electrons. The summed E-state index contributed by atoms with van der Waals surface area (Å²) < 4.78 is 0. The summed E-state index contributed by atoms with van der Waals surface area (Å²) in [6, 6.07) is 2.88. The van der Waals surface area contributed by atoms with Crippen molar-refractivity contribution in [2.45, 2.75) is 65.2 Å². The van der Waals surface area contributed by atoms with E-state index in [0.29, 0.717) is 12.8 Å². The highest BCUT2D eigenvalue weighted by Crippen LogP contribution is 2.24. The average molecular weight is 306 g/mol. The first kappa shape index (κ1) is 18.2. The maximum absolute atomic E-state index is 11.5. The van der Waals surface area contributed by atoms with Crippen LogP contribution < -0.4 is 0 Å². The Hall–Kier alpha value is -1.84. The van der Waals surface area contributed by atoms with Crippen molar-refractivity contribution in [2.24, 2.45) is 0 Å². The first-order valence-corrected chi connectivity index (χ1v) is 8.14. The molecule has 1 aromatic rings. The Morgan fingerprint density at radius 3 is 1.41 bits per heavy atom. The smallest absolute Gasteiger partial charge is 0.335 e. The highest BCUT2D eigenvalue weighted by atomic mass is 16.4. The van der Waals surface area contributed by atoms with Gasteiger partial charge in [0.05, 0.1) is 11.1 Å². The molecule has 0 bridgehead atoms. The third-order valence-corrected chi connectivity index (χ3v) is 3.95. The topological polar surface area (TPSA) is 74.6 Å². The third kappa shape index (κ3) is 4.86. The fourth-order valence-electron chi connectivity index (χ4n) is 2.77. The van der Waals surface area contributed by atoms with Crippen LogP contribution in [0.1, 0.15) is 84.2 Å². The predicted molar refractivity (Wildman–Crippen MR) is 86.8 cm³/mol. The number of aromatic carboxylic acids is 2. The van der Waals surface area contributed by atoms with Crippen molar-refractivity contribution in [3.63, 3.8) is 0 Å². The zero-order valence-electron chi connectivity index (χ0n) is 13.5. The molecule has 0 aliphatic carbocycles. The van der Waals surface area contributed by atoms with E-state index in [0.717, 1.165) is 49.7 Å². The van der Waals surface area contributed by atoms with Gasteiger partial charge in [0.15, 0.2) is 0 Å². The van der Waals surface area contributed by atoms with Crippen LogP contribution in [0.15, 0.2) is 12.1 Å². The highest BCUT2D eigenvalue weighted by Gasteiger charge is 2.20. The fraction of sp³-hybridized carbons (Fsp3) is 0.556. The first-order chi connectivity index (χ1) is 10.5. The highest BCUT2D eigenvalue weighted by molar-refractivity contribution is 5.95. The van der Waals surface area contributed by atoms with E-state index in [9.17, 15) is 19.8 Å². The van der Waals surface area contributed by atoms with Gasteiger partial charge in [-0.3, -0.25) is 0 Å². The molecule has 122 valence electrons. The summed E-state index contributed by atoms with van der Waals surface area (Å²) in [4.78, 5) is 22.9. The molecule has 0 fully saturated rings. The number of carbonyl (C=O) groups is 2. The Labute approximate surface area is 132 Å². The monoisotopic (exact) mass is 306 g/mol. The summed E-state index contributed by atoms with van der Waals surface area (Å²) in [5, 5.41) is 18.8. The minimum absolute atomic E-state index is 0.257. The van der Waals surface area contributed by atoms with Gasteiger partial charge >= 0.3 is 11.9 Å². The van der Waals surface area contributed by atoms with Gasteiger partial charge in [-0.25, -0.2) is 9.59 Å². The quantitative estimate of drug-likeness (QED) is 0.622. The lowest BCUT2D eigenvalue weighted by Crippen LogP contribution is -2.12. The Bertz CT molecular complexity index is 473. The Kier molecular flexibility index (Phi) is 7.64. The molecule has 2 N–H and O–H groups in total. The van der Waals surface area contributed by atoms with Gasteiger partial charge in [0.2, 0.25) is 0 Å². The lowest BCUT2D eigenvalue weighted by atomic mass is 9.89. The maximum atomic E-state index is 11.5. The number of carboxylic acids is 2. The molecule has 22 heavy (non-hydrogen) atoms. The molecule has 0 amide bonds. The van der Waals surface area contributed by atoms with Crippen molar-refractivity contribution in [2.75, 3.05) is 0 Å². The molecule has 0 aromatic heterocycles. The molecule has 1 aromatic carbocycles. The Morgan fingerprint density at radius 2 is 1.14 bits per heavy atom. The van der Waals surface area contributed by atoms with Crippen molar-refractivity contribution >= 4 is 11.9 Å². The zero-order chi connectivity index (χ0) is 16.5. The number of hydrogen-bond donors (Lipinski definition) is 2. The van der Waals surface area contributed by atoms with E-state index >= 15 is 0 Å². The molecule has 0 aliphatic rings. The van der Waals surface area contributed by atoms with Gasteiger partial charge in [-0.15, -0.1) is 0 Å². The number of carboxylic acid groups (broad SMARTS) is 2. The summed E-state index contributed by atoms with van der Waals surface area (Å²) in [5.74, 6) is -1.94. The molecule has 0 saturated heterocycles. The summed E-state index contributed by atoms with van der Waals surface area (Å²) in [6.07, 6.45) is 7.19. The minimum Gasteiger partial charge on any atom is -0.478 e. The van der Waals surface area contributed by atoms with Gasteiger partial charge in [-0.1, -0.05) is 39.5 Å². The van der Waals surface area contributed by atoms with Crippen LogP contribution in [0.2, 0.25) is 0 Å². The molecule has 0 saturated carbocycles. The Balaban J connectivity index is 3.24. The lowest BCUT2D eigenvalue weighted by Gasteiger charge is -2.15. The molecular formula is C18H26O4. The molecule has 0 unspecified atom stereocenters. The lowest BCUT2D eigenvalue weighted by molar-refractivity contribution is 0.0679. The number of benzene rings is 1. The van der Waals surface area contributed by atoms with Crippen LogP contribution >= 0.6 is 0 Å². The van der Waals surface area contributed by atoms with Crippen molar-refractivity contribution < 1.29 is 19.8 Å². The predicted octanol–water partition coefficient (Wildman–Crippen LogP) is 4.55. The van der Waals surface area contributed by atoms with E-state index in [2.05, 4.69) is 13.8 Å². The van der Waals surface area contributed by atoms with Crippen LogP contribution in [-0.4, -0.2) is 22.2 Å². The van der Waals surface area contributed by atoms with Crippen molar-refractivity contribution in [3.05, 3.63) is 34.4 Å². The van der Waals surface area contributed by atoms with Gasteiger partial charge in [0.25, 0.3) is 0 Å². The normalized spacial score (nSPS) is 10.6. The van der Waals surface area contributed by atoms with Gasteiger partial charge in [0, 0.05) is 0 Å². The molecule has 0 atom stereocenters. The Morgan fingerprint density at radius 1 is 0.773 bits per heavy atom. The first-order valence-electron chi connectivity index (χ1n) is 8.14. The standard InChI is InChI=1S/C18H26O4/c1-3-5-7-9-13-14(10-8-6-4-2)16(18(21)22)12-11-15(13)17(19)20/h11-12H,3-10H2,1-2H3,(H,19,20)(H,21,22). The summed E-state index contributed by atoms with van der Waals surface area (Å²) in [5.41, 5.74) is 1.95. The molecule has 1 rings (SSSR count). The summed E-state index contributed by atoms with van der Waals surface area (Å²) >= 11 is 0. The van der Waals surface area contributed by atoms with Crippen LogP contribution in [0.25, 0.3) is 0 Å². The van der Waals surface area contributed by atoms with Gasteiger partial charge in [-0.2, -0.15) is 0 Å². The largest absolute Gasteiger partial charge is 0.478 e. The van der Waals surface area contributed by atoms with E-state index < -0.39 is 11.9 Å². The van der Waals surface area contributed by atoms with Crippen molar-refractivity contribution in [3.8, 4) is 0 Å². The maximum Gasteiger partial charge on any atom is 0.335 e. The van der Waals surface area contributed by atoms with Gasteiger partial charge in [-0.05, 0) is 48.9 Å². The fourth-order valence-corrected chi connectivity index (χ4v) is 2.77. The van der Waals surface area contributed by atoms with Crippen LogP contribution in [0.4, 0.5) is 0 Å². The molecule has 4 heteroatoms. The molecule has 0 aliphatic heterocycles. The van der Waals surface area contributed by atoms with E-state index in [-0.39, 0.29) is 11.1 Å². The van der Waals surface area contributed by atoms with E-state index in [1.54, 1.807) is 0 Å². The SMILES string of the molecule is CCCCCc1c(C(=O)O)ccc(C(=O)O)c1CCCCC. The van der Waals surface area contributed by atoms with Gasteiger partial charge in [0.1, 0.15) is 0 Å². The molecular weight excluding hydrogens is 280 g/mol. The van der Waals surface area contributed by atoms with Crippen molar-refractivity contribution in [1.82, 2.24) is 0 Å². The minimum atomic E-state index is -0.972. The molecule has 0 spiro atoms. The van der Waals surface area contributed by atoms with Crippen LogP contribution in [0.3, 0.4) is 0 Å². The second-order valence-corrected chi connectivity index (χ2v) is 5.64. The second-order valence-electron chi connectivity index (χ2n) is 5.64. The van der Waals surface area contributed by atoms with Gasteiger partial charge < -0.3 is 10.2 Å². The van der Waals surface area contributed by atoms with Crippen LogP contribution in [-0.2, 0) is 12.8 Å². The van der Waals surface area contributed by atoms with E-state index in [1.807, 2.05) is 0 Å². The van der Waals surface area contributed by atoms with E-state index in [4.69, 9.17) is 0 Å². The second kappa shape index (κ2) is 9.23. The number of unbranched alkanes of at least 4 members (excludes halogenated alkanes) is 4. The van der Waals surface area contributed by atoms with Crippen LogP contribution in [0.5, 0.6) is 0 Å². The molecule has 0 heterocycles. The third-order valence-electron chi connectivity index (χ3n) is 3.95. The van der Waals surface area contributed by atoms with Crippen molar-refractivity contribution in [1.29, 1.82) is 0 Å². The molecule has 4 nitrogen and oxygen atoms in total. The van der Waals surface area contributed by atoms with Crippen LogP contribution in [0, 0.1) is 0 Å². The summed E-state index contributed by atoms with van der Waals surface area (Å²) in [7, 11) is 0. The van der Waals surface area contributed by atoms with E-state index in [1.165, 1.54) is 12.1 Å². The summed E-state index contributed by atoms with van der Waals surface area (Å²) in [6.45, 7) is 4.18. The number of hydrogen-bond acceptors (Lipinski definition) is 2. The average Bonchev–Trinajstić information content (AvgIpc) is 2.47.